The van der Waals surface area contributed by atoms with Crippen LogP contribution >= 0.6 is 0 Å². The topological polar surface area (TPSA) is 12.0 Å². The van der Waals surface area contributed by atoms with E-state index in [-0.39, 0.29) is 0 Å². The number of benzene rings is 1. The molecule has 13 heavy (non-hydrogen) atoms. The van der Waals surface area contributed by atoms with E-state index in [2.05, 4.69) is 29.6 Å². The minimum atomic E-state index is 0.674. The van der Waals surface area contributed by atoms with E-state index < -0.39 is 0 Å². The van der Waals surface area contributed by atoms with Crippen LogP contribution in [0.3, 0.4) is 0 Å². The van der Waals surface area contributed by atoms with Gasteiger partial charge in [0, 0.05) is 6.04 Å². The first-order valence-corrected chi connectivity index (χ1v) is 5.14. The fourth-order valence-electron chi connectivity index (χ4n) is 1.76. The van der Waals surface area contributed by atoms with Crippen molar-refractivity contribution >= 4 is 0 Å². The average molecular weight is 177 g/mol. The first kappa shape index (κ1) is 10.3. The zero-order valence-electron chi connectivity index (χ0n) is 8.80. The number of nitrogens with one attached hydrogen (secondary N) is 1. The van der Waals surface area contributed by atoms with Crippen molar-refractivity contribution in [1.82, 2.24) is 5.32 Å². The molecule has 0 spiro atoms. The van der Waals surface area contributed by atoms with E-state index in [9.17, 15) is 0 Å². The van der Waals surface area contributed by atoms with Crippen LogP contribution < -0.4 is 5.32 Å². The van der Waals surface area contributed by atoms with Crippen LogP contribution in [0.5, 0.6) is 0 Å². The zero-order valence-corrected chi connectivity index (χ0v) is 8.80. The minimum absolute atomic E-state index is 0.674. The summed E-state index contributed by atoms with van der Waals surface area (Å²) in [6.07, 6.45) is 2.40. The maximum absolute atomic E-state index is 3.31. The van der Waals surface area contributed by atoms with Gasteiger partial charge in [0.1, 0.15) is 0 Å². The summed E-state index contributed by atoms with van der Waals surface area (Å²) in [5.41, 5.74) is 3.04. The Morgan fingerprint density at radius 2 is 1.54 bits per heavy atom. The van der Waals surface area contributed by atoms with E-state index >= 15 is 0 Å². The van der Waals surface area contributed by atoms with Gasteiger partial charge in [-0.3, -0.25) is 0 Å². The molecule has 0 fully saturated rings. The average Bonchev–Trinajstić information content (AvgIpc) is 2.63. The number of hydrogen-bond donors (Lipinski definition) is 1. The van der Waals surface area contributed by atoms with Crippen molar-refractivity contribution < 1.29 is 0 Å². The summed E-state index contributed by atoms with van der Waals surface area (Å²) in [5, 5.41) is 3.31. The van der Waals surface area contributed by atoms with Crippen molar-refractivity contribution in [2.24, 2.45) is 0 Å². The molecule has 0 atom stereocenters. The monoisotopic (exact) mass is 177 g/mol. The molecule has 1 aromatic carbocycles. The molecule has 1 heteroatoms. The van der Waals surface area contributed by atoms with Crippen molar-refractivity contribution in [3.63, 3.8) is 0 Å². The molecule has 1 nitrogen and oxygen atoms in total. The Balaban J connectivity index is 0.000000396. The van der Waals surface area contributed by atoms with E-state index in [0.717, 1.165) is 0 Å². The van der Waals surface area contributed by atoms with Gasteiger partial charge >= 0.3 is 0 Å². The second kappa shape index (κ2) is 5.03. The maximum atomic E-state index is 3.31. The van der Waals surface area contributed by atoms with Crippen molar-refractivity contribution in [3.8, 4) is 0 Å². The summed E-state index contributed by atoms with van der Waals surface area (Å²) in [7, 11) is 2.04. The van der Waals surface area contributed by atoms with Crippen LogP contribution in [0.15, 0.2) is 24.3 Å². The number of hydrogen-bond acceptors (Lipinski definition) is 1. The van der Waals surface area contributed by atoms with Crippen LogP contribution in [0.1, 0.15) is 25.0 Å². The quantitative estimate of drug-likeness (QED) is 0.694. The first-order chi connectivity index (χ1) is 6.40. The highest BCUT2D eigenvalue weighted by molar-refractivity contribution is 5.33. The Labute approximate surface area is 81.2 Å². The number of fused-ring (bicyclic) bond motifs is 1. The highest BCUT2D eigenvalue weighted by atomic mass is 14.9. The summed E-state index contributed by atoms with van der Waals surface area (Å²) in [6, 6.07) is 9.38. The molecule has 0 bridgehead atoms. The Hall–Kier alpha value is -0.820. The lowest BCUT2D eigenvalue weighted by molar-refractivity contribution is 0.593. The molecule has 0 saturated carbocycles. The molecule has 0 aliphatic heterocycles. The smallest absolute Gasteiger partial charge is 0.0145 e. The highest BCUT2D eigenvalue weighted by Gasteiger charge is 2.18. The third kappa shape index (κ3) is 2.31. The molecule has 0 saturated heterocycles. The summed E-state index contributed by atoms with van der Waals surface area (Å²) in [4.78, 5) is 0. The van der Waals surface area contributed by atoms with Crippen LogP contribution in [-0.4, -0.2) is 13.1 Å². The molecule has 0 radical (unpaired) electrons. The Morgan fingerprint density at radius 1 is 1.08 bits per heavy atom. The fourth-order valence-corrected chi connectivity index (χ4v) is 1.76. The molecule has 2 rings (SSSR count). The lowest BCUT2D eigenvalue weighted by Gasteiger charge is -2.04. The van der Waals surface area contributed by atoms with Gasteiger partial charge in [0.05, 0.1) is 0 Å². The van der Waals surface area contributed by atoms with Gasteiger partial charge in [-0.25, -0.2) is 0 Å². The van der Waals surface area contributed by atoms with Crippen LogP contribution in [0.4, 0.5) is 0 Å². The van der Waals surface area contributed by atoms with Crippen molar-refractivity contribution in [2.75, 3.05) is 7.05 Å². The predicted molar refractivity (Wildman–Crippen MR) is 58.0 cm³/mol. The fraction of sp³-hybridized carbons (Fsp3) is 0.500. The molecule has 1 aliphatic carbocycles. The summed E-state index contributed by atoms with van der Waals surface area (Å²) in [5.74, 6) is 0. The number of rotatable bonds is 1. The molecule has 0 aromatic heterocycles. The molecule has 0 unspecified atom stereocenters. The van der Waals surface area contributed by atoms with Crippen LogP contribution in [0.2, 0.25) is 0 Å². The Kier molecular flexibility index (Phi) is 3.97. The molecule has 1 aliphatic rings. The van der Waals surface area contributed by atoms with E-state index in [1.807, 2.05) is 20.9 Å². The van der Waals surface area contributed by atoms with Crippen molar-refractivity contribution in [1.29, 1.82) is 0 Å². The maximum Gasteiger partial charge on any atom is 0.0145 e. The molecule has 72 valence electrons. The van der Waals surface area contributed by atoms with Gasteiger partial charge in [0.15, 0.2) is 0 Å². The summed E-state index contributed by atoms with van der Waals surface area (Å²) in [6.45, 7) is 4.00. The van der Waals surface area contributed by atoms with Gasteiger partial charge in [-0.05, 0) is 31.0 Å². The Bertz CT molecular complexity index is 230. The molecule has 1 N–H and O–H groups in total. The van der Waals surface area contributed by atoms with E-state index in [0.29, 0.717) is 6.04 Å². The van der Waals surface area contributed by atoms with Gasteiger partial charge in [0.25, 0.3) is 0 Å². The molecule has 0 amide bonds. The third-order valence-corrected chi connectivity index (χ3v) is 2.46. The van der Waals surface area contributed by atoms with Gasteiger partial charge in [0.2, 0.25) is 0 Å². The van der Waals surface area contributed by atoms with Crippen molar-refractivity contribution in [3.05, 3.63) is 35.4 Å². The second-order valence-electron chi connectivity index (χ2n) is 3.16. The van der Waals surface area contributed by atoms with Gasteiger partial charge in [-0.15, -0.1) is 0 Å². The summed E-state index contributed by atoms with van der Waals surface area (Å²) < 4.78 is 0. The predicted octanol–water partition coefficient (Wildman–Crippen LogP) is 2.40. The highest BCUT2D eigenvalue weighted by Crippen LogP contribution is 2.20. The molecule has 0 heterocycles. The molecular weight excluding hydrogens is 158 g/mol. The lowest BCUT2D eigenvalue weighted by atomic mass is 10.1. The zero-order chi connectivity index (χ0) is 9.68. The summed E-state index contributed by atoms with van der Waals surface area (Å²) >= 11 is 0. The SMILES string of the molecule is CC.CNC1Cc2ccccc2C1. The van der Waals surface area contributed by atoms with Crippen LogP contribution in [0, 0.1) is 0 Å². The normalized spacial score (nSPS) is 14.7. The van der Waals surface area contributed by atoms with Crippen molar-refractivity contribution in [2.45, 2.75) is 32.7 Å². The first-order valence-electron chi connectivity index (χ1n) is 5.14. The Morgan fingerprint density at radius 3 is 1.92 bits per heavy atom. The van der Waals surface area contributed by atoms with Crippen LogP contribution in [-0.2, 0) is 12.8 Å². The van der Waals surface area contributed by atoms with E-state index in [1.165, 1.54) is 24.0 Å². The molecule has 1 aromatic rings. The van der Waals surface area contributed by atoms with Gasteiger partial charge in [-0.1, -0.05) is 38.1 Å². The lowest BCUT2D eigenvalue weighted by Crippen LogP contribution is -2.24. The minimum Gasteiger partial charge on any atom is -0.316 e. The van der Waals surface area contributed by atoms with E-state index in [4.69, 9.17) is 0 Å². The van der Waals surface area contributed by atoms with Gasteiger partial charge < -0.3 is 5.32 Å². The molecular formula is C12H19N. The van der Waals surface area contributed by atoms with E-state index in [1.54, 1.807) is 0 Å². The number of likely N-dealkylation sites (N-methyl/N-ethyl adjacent to an activating group) is 1. The van der Waals surface area contributed by atoms with Gasteiger partial charge in [-0.2, -0.15) is 0 Å². The third-order valence-electron chi connectivity index (χ3n) is 2.46. The second-order valence-corrected chi connectivity index (χ2v) is 3.16. The standard InChI is InChI=1S/C10H13N.C2H6/c1-11-10-6-8-4-2-3-5-9(8)7-10;1-2/h2-5,10-11H,6-7H2,1H3;1-2H3. The largest absolute Gasteiger partial charge is 0.316 e. The van der Waals surface area contributed by atoms with Crippen LogP contribution in [0.25, 0.3) is 0 Å².